The highest BCUT2D eigenvalue weighted by Crippen LogP contribution is 2.40. The topological polar surface area (TPSA) is 80.6 Å². The van der Waals surface area contributed by atoms with Crippen molar-refractivity contribution in [2.24, 2.45) is 0 Å². The lowest BCUT2D eigenvalue weighted by Crippen LogP contribution is -2.26. The number of ether oxygens (including phenoxy) is 1. The fraction of sp³-hybridized carbons (Fsp3) is 0.312. The van der Waals surface area contributed by atoms with Crippen molar-refractivity contribution in [3.8, 4) is 5.75 Å². The van der Waals surface area contributed by atoms with Gasteiger partial charge in [-0.2, -0.15) is 0 Å². The molecule has 2 atom stereocenters. The van der Waals surface area contributed by atoms with Gasteiger partial charge in [-0.3, -0.25) is 4.79 Å². The number of nitrogens with one attached hydrogen (secondary N) is 1. The van der Waals surface area contributed by atoms with Crippen LogP contribution in [-0.4, -0.2) is 27.7 Å². The molecule has 1 aliphatic carbocycles. The van der Waals surface area contributed by atoms with Gasteiger partial charge in [0.25, 0.3) is 5.91 Å². The number of carboxylic acid groups (broad SMARTS) is 1. The molecule has 1 saturated carbocycles. The van der Waals surface area contributed by atoms with Gasteiger partial charge in [0.1, 0.15) is 5.75 Å². The summed E-state index contributed by atoms with van der Waals surface area (Å²) in [6.07, 6.45) is 1.51. The van der Waals surface area contributed by atoms with E-state index in [0.29, 0.717) is 28.8 Å². The van der Waals surface area contributed by atoms with E-state index in [1.165, 1.54) is 25.3 Å². The highest BCUT2D eigenvalue weighted by molar-refractivity contribution is 6.30. The van der Waals surface area contributed by atoms with E-state index in [1.54, 1.807) is 6.07 Å². The lowest BCUT2D eigenvalue weighted by Gasteiger charge is -2.16. The lowest BCUT2D eigenvalue weighted by atomic mass is 10.0. The predicted molar refractivity (Wildman–Crippen MR) is 154 cm³/mol. The molecular weight excluding hydrogens is 512 g/mol. The SMILES string of the molecule is Cc1c(C)n(Cc2cc(Cl)cc(O[C@@H](C)C(=O)O)c2)c2ccc(C(=O)N[C@@H](C)c3cccc(C4CC4)c3)cc12. The minimum Gasteiger partial charge on any atom is -0.479 e. The van der Waals surface area contributed by atoms with Crippen molar-refractivity contribution in [2.75, 3.05) is 0 Å². The number of amides is 1. The van der Waals surface area contributed by atoms with Gasteiger partial charge >= 0.3 is 5.97 Å². The van der Waals surface area contributed by atoms with Crippen LogP contribution >= 0.6 is 11.6 Å². The molecule has 3 aromatic carbocycles. The van der Waals surface area contributed by atoms with Crippen LogP contribution < -0.4 is 10.1 Å². The minimum atomic E-state index is -1.04. The second-order valence-corrected chi connectivity index (χ2v) is 11.0. The van der Waals surface area contributed by atoms with Crippen LogP contribution in [0.5, 0.6) is 5.75 Å². The number of rotatable bonds is 9. The Hall–Kier alpha value is -3.77. The molecule has 1 fully saturated rings. The van der Waals surface area contributed by atoms with Crippen molar-refractivity contribution in [1.29, 1.82) is 0 Å². The first-order valence-corrected chi connectivity index (χ1v) is 13.7. The quantitative estimate of drug-likeness (QED) is 0.234. The molecule has 0 radical (unpaired) electrons. The highest BCUT2D eigenvalue weighted by atomic mass is 35.5. The van der Waals surface area contributed by atoms with Crippen molar-refractivity contribution in [2.45, 2.75) is 65.1 Å². The number of nitrogens with zero attached hydrogens (tertiary/aromatic N) is 1. The molecule has 4 aromatic rings. The van der Waals surface area contributed by atoms with Gasteiger partial charge in [0.05, 0.1) is 6.04 Å². The first-order valence-electron chi connectivity index (χ1n) is 13.3. The van der Waals surface area contributed by atoms with E-state index in [1.807, 2.05) is 37.3 Å². The number of halogens is 1. The summed E-state index contributed by atoms with van der Waals surface area (Å²) in [7, 11) is 0. The Kier molecular flexibility index (Phi) is 7.41. The van der Waals surface area contributed by atoms with Gasteiger partial charge in [-0.05, 0) is 105 Å². The molecule has 5 rings (SSSR count). The van der Waals surface area contributed by atoms with E-state index in [-0.39, 0.29) is 11.9 Å². The van der Waals surface area contributed by atoms with Gasteiger partial charge < -0.3 is 19.7 Å². The first-order chi connectivity index (χ1) is 18.6. The monoisotopic (exact) mass is 544 g/mol. The highest BCUT2D eigenvalue weighted by Gasteiger charge is 2.24. The molecule has 0 saturated heterocycles. The molecule has 2 N–H and O–H groups in total. The molecule has 0 bridgehead atoms. The number of aryl methyl sites for hydroxylation is 1. The third-order valence-corrected chi connectivity index (χ3v) is 7.86. The number of benzene rings is 3. The Morgan fingerprint density at radius 2 is 1.85 bits per heavy atom. The third-order valence-electron chi connectivity index (χ3n) is 7.64. The van der Waals surface area contributed by atoms with Crippen LogP contribution in [0.4, 0.5) is 0 Å². The number of carbonyl (C=O) groups is 2. The molecule has 1 aliphatic rings. The molecule has 202 valence electrons. The zero-order valence-electron chi connectivity index (χ0n) is 22.6. The second-order valence-electron chi connectivity index (χ2n) is 10.6. The number of fused-ring (bicyclic) bond motifs is 1. The Morgan fingerprint density at radius 1 is 1.08 bits per heavy atom. The summed E-state index contributed by atoms with van der Waals surface area (Å²) < 4.78 is 7.72. The largest absolute Gasteiger partial charge is 0.479 e. The smallest absolute Gasteiger partial charge is 0.344 e. The second kappa shape index (κ2) is 10.8. The fourth-order valence-corrected chi connectivity index (χ4v) is 5.32. The average molecular weight is 545 g/mol. The Bertz CT molecular complexity index is 1570. The van der Waals surface area contributed by atoms with Gasteiger partial charge in [-0.25, -0.2) is 4.79 Å². The summed E-state index contributed by atoms with van der Waals surface area (Å²) in [5, 5.41) is 13.8. The maximum Gasteiger partial charge on any atom is 0.344 e. The van der Waals surface area contributed by atoms with Gasteiger partial charge in [-0.15, -0.1) is 0 Å². The summed E-state index contributed by atoms with van der Waals surface area (Å²) in [5.41, 5.74) is 7.17. The molecule has 0 unspecified atom stereocenters. The fourth-order valence-electron chi connectivity index (χ4n) is 5.07. The summed E-state index contributed by atoms with van der Waals surface area (Å²) in [5.74, 6) is -0.0607. The Balaban J connectivity index is 1.37. The van der Waals surface area contributed by atoms with E-state index in [0.717, 1.165) is 33.3 Å². The molecule has 1 amide bonds. The molecule has 1 aromatic heterocycles. The van der Waals surface area contributed by atoms with Crippen molar-refractivity contribution in [1.82, 2.24) is 9.88 Å². The van der Waals surface area contributed by atoms with Crippen molar-refractivity contribution < 1.29 is 19.4 Å². The van der Waals surface area contributed by atoms with Gasteiger partial charge in [0.15, 0.2) is 6.10 Å². The van der Waals surface area contributed by atoms with Crippen LogP contribution in [0.2, 0.25) is 5.02 Å². The number of aliphatic carboxylic acids is 1. The van der Waals surface area contributed by atoms with E-state index in [9.17, 15) is 14.7 Å². The van der Waals surface area contributed by atoms with Crippen LogP contribution in [0.1, 0.15) is 77.0 Å². The van der Waals surface area contributed by atoms with Crippen molar-refractivity contribution >= 4 is 34.4 Å². The number of carboxylic acids is 1. The zero-order chi connectivity index (χ0) is 27.8. The number of aromatic nitrogens is 1. The number of hydrogen-bond donors (Lipinski definition) is 2. The van der Waals surface area contributed by atoms with E-state index in [2.05, 4.69) is 48.0 Å². The van der Waals surface area contributed by atoms with Crippen LogP contribution in [0, 0.1) is 13.8 Å². The molecule has 0 spiro atoms. The van der Waals surface area contributed by atoms with Gasteiger partial charge in [0, 0.05) is 33.7 Å². The molecule has 6 nitrogen and oxygen atoms in total. The standard InChI is InChI=1S/C32H33ClN2O4/c1-18-20(3)35(17-22-12-27(33)16-28(13-22)39-21(4)32(37)38)30-11-10-26(15-29(18)30)31(36)34-19(2)24-6-5-7-25(14-24)23-8-9-23/h5-7,10-16,19,21,23H,8-9,17H2,1-4H3,(H,34,36)(H,37,38)/t19-,21-/m0/s1. The van der Waals surface area contributed by atoms with Crippen molar-refractivity contribution in [3.63, 3.8) is 0 Å². The summed E-state index contributed by atoms with van der Waals surface area (Å²) >= 11 is 6.33. The molecule has 39 heavy (non-hydrogen) atoms. The minimum absolute atomic E-state index is 0.0950. The summed E-state index contributed by atoms with van der Waals surface area (Å²) in [6.45, 7) is 8.14. The average Bonchev–Trinajstić information content (AvgIpc) is 3.73. The maximum atomic E-state index is 13.2. The van der Waals surface area contributed by atoms with Crippen LogP contribution in [0.3, 0.4) is 0 Å². The number of carbonyl (C=O) groups excluding carboxylic acids is 1. The predicted octanol–water partition coefficient (Wildman–Crippen LogP) is 7.18. The van der Waals surface area contributed by atoms with E-state index < -0.39 is 12.1 Å². The first kappa shape index (κ1) is 26.8. The Labute approximate surface area is 233 Å². The summed E-state index contributed by atoms with van der Waals surface area (Å²) in [6, 6.07) is 19.5. The van der Waals surface area contributed by atoms with Gasteiger partial charge in [-0.1, -0.05) is 35.9 Å². The molecule has 7 heteroatoms. The summed E-state index contributed by atoms with van der Waals surface area (Å²) in [4.78, 5) is 24.4. The van der Waals surface area contributed by atoms with E-state index >= 15 is 0 Å². The van der Waals surface area contributed by atoms with Gasteiger partial charge in [0.2, 0.25) is 0 Å². The molecule has 1 heterocycles. The van der Waals surface area contributed by atoms with Crippen LogP contribution in [0.25, 0.3) is 10.9 Å². The van der Waals surface area contributed by atoms with Crippen LogP contribution in [0.15, 0.2) is 60.7 Å². The normalized spacial score (nSPS) is 14.7. The zero-order valence-corrected chi connectivity index (χ0v) is 23.4. The van der Waals surface area contributed by atoms with Crippen LogP contribution in [-0.2, 0) is 11.3 Å². The molecule has 0 aliphatic heterocycles. The maximum absolute atomic E-state index is 13.2. The Morgan fingerprint density at radius 3 is 2.56 bits per heavy atom. The third kappa shape index (κ3) is 5.81. The lowest BCUT2D eigenvalue weighted by molar-refractivity contribution is -0.144. The van der Waals surface area contributed by atoms with Crippen molar-refractivity contribution in [3.05, 3.63) is 99.2 Å². The van der Waals surface area contributed by atoms with E-state index in [4.69, 9.17) is 16.3 Å². The molecular formula is C32H33ClN2O4. The number of hydrogen-bond acceptors (Lipinski definition) is 3.